The van der Waals surface area contributed by atoms with Crippen molar-refractivity contribution in [2.75, 3.05) is 0 Å². The lowest BCUT2D eigenvalue weighted by atomic mass is 10.3. The van der Waals surface area contributed by atoms with Gasteiger partial charge in [-0.15, -0.1) is 0 Å². The number of aromatic nitrogens is 1. The van der Waals surface area contributed by atoms with E-state index in [-0.39, 0.29) is 10.2 Å². The SMILES string of the molecule is Fc1cc(Oc2c(F)c(F)nc(F)c2F)ccc1Br. The zero-order chi connectivity index (χ0) is 14.2. The minimum absolute atomic E-state index is 0.0906. The maximum atomic E-state index is 13.2. The van der Waals surface area contributed by atoms with Gasteiger partial charge in [0.15, 0.2) is 0 Å². The predicted octanol–water partition coefficient (Wildman–Crippen LogP) is 4.33. The Kier molecular flexibility index (Phi) is 3.70. The van der Waals surface area contributed by atoms with Crippen molar-refractivity contribution in [1.29, 1.82) is 0 Å². The van der Waals surface area contributed by atoms with Crippen LogP contribution in [0.2, 0.25) is 0 Å². The van der Waals surface area contributed by atoms with Gasteiger partial charge in [0.2, 0.25) is 17.4 Å². The molecule has 19 heavy (non-hydrogen) atoms. The lowest BCUT2D eigenvalue weighted by molar-refractivity contribution is 0.342. The summed E-state index contributed by atoms with van der Waals surface area (Å²) >= 11 is 2.86. The van der Waals surface area contributed by atoms with Crippen LogP contribution in [0.1, 0.15) is 0 Å². The number of benzene rings is 1. The van der Waals surface area contributed by atoms with Crippen LogP contribution >= 0.6 is 15.9 Å². The van der Waals surface area contributed by atoms with Crippen molar-refractivity contribution in [2.45, 2.75) is 0 Å². The van der Waals surface area contributed by atoms with Crippen LogP contribution in [0.15, 0.2) is 22.7 Å². The quantitative estimate of drug-likeness (QED) is 0.600. The molecule has 0 aliphatic carbocycles. The number of halogens is 6. The Balaban J connectivity index is 2.46. The van der Waals surface area contributed by atoms with E-state index < -0.39 is 35.1 Å². The maximum Gasteiger partial charge on any atom is 0.255 e. The van der Waals surface area contributed by atoms with Crippen molar-refractivity contribution in [1.82, 2.24) is 4.98 Å². The fraction of sp³-hybridized carbons (Fsp3) is 0. The molecule has 0 spiro atoms. The van der Waals surface area contributed by atoms with Crippen LogP contribution in [0.5, 0.6) is 11.5 Å². The Hall–Kier alpha value is -1.70. The average molecular weight is 340 g/mol. The fourth-order valence-electron chi connectivity index (χ4n) is 1.22. The zero-order valence-electron chi connectivity index (χ0n) is 8.86. The van der Waals surface area contributed by atoms with Gasteiger partial charge < -0.3 is 4.74 Å². The largest absolute Gasteiger partial charge is 0.451 e. The van der Waals surface area contributed by atoms with Gasteiger partial charge in [0, 0.05) is 6.07 Å². The monoisotopic (exact) mass is 339 g/mol. The van der Waals surface area contributed by atoms with E-state index in [1.165, 1.54) is 6.07 Å². The molecule has 1 aromatic heterocycles. The first kappa shape index (κ1) is 13.7. The molecule has 2 nitrogen and oxygen atoms in total. The molecule has 0 amide bonds. The molecular weight excluding hydrogens is 337 g/mol. The summed E-state index contributed by atoms with van der Waals surface area (Å²) in [4.78, 5) is 2.36. The number of pyridine rings is 1. The summed E-state index contributed by atoms with van der Waals surface area (Å²) in [5.74, 6) is -9.74. The standard InChI is InChI=1S/C11H3BrF5NO/c12-5-2-1-4(3-6(5)13)19-9-7(14)10(16)18-11(17)8(9)15/h1-3H. The van der Waals surface area contributed by atoms with Gasteiger partial charge in [-0.2, -0.15) is 22.5 Å². The van der Waals surface area contributed by atoms with E-state index >= 15 is 0 Å². The molecule has 1 heterocycles. The Bertz CT molecular complexity index is 623. The summed E-state index contributed by atoms with van der Waals surface area (Å²) in [6, 6.07) is 3.15. The number of rotatable bonds is 2. The molecule has 1 aromatic carbocycles. The fourth-order valence-corrected chi connectivity index (χ4v) is 1.46. The molecule has 0 saturated heterocycles. The van der Waals surface area contributed by atoms with E-state index in [1.54, 1.807) is 0 Å². The summed E-state index contributed by atoms with van der Waals surface area (Å²) in [6.07, 6.45) is 0. The van der Waals surface area contributed by atoms with Gasteiger partial charge in [-0.3, -0.25) is 0 Å². The van der Waals surface area contributed by atoms with Crippen molar-refractivity contribution >= 4 is 15.9 Å². The molecule has 100 valence electrons. The maximum absolute atomic E-state index is 13.2. The highest BCUT2D eigenvalue weighted by Gasteiger charge is 2.23. The molecule has 2 rings (SSSR count). The van der Waals surface area contributed by atoms with Gasteiger partial charge in [-0.25, -0.2) is 4.39 Å². The highest BCUT2D eigenvalue weighted by atomic mass is 79.9. The normalized spacial score (nSPS) is 10.6. The summed E-state index contributed by atoms with van der Waals surface area (Å²) < 4.78 is 70.0. The summed E-state index contributed by atoms with van der Waals surface area (Å²) in [5.41, 5.74) is 0. The zero-order valence-corrected chi connectivity index (χ0v) is 10.4. The first-order chi connectivity index (χ1) is 8.90. The highest BCUT2D eigenvalue weighted by molar-refractivity contribution is 9.10. The first-order valence-electron chi connectivity index (χ1n) is 4.73. The Morgan fingerprint density at radius 3 is 2.05 bits per heavy atom. The second kappa shape index (κ2) is 5.12. The molecule has 0 saturated carbocycles. The minimum Gasteiger partial charge on any atom is -0.451 e. The van der Waals surface area contributed by atoms with Gasteiger partial charge in [-0.05, 0) is 28.1 Å². The highest BCUT2D eigenvalue weighted by Crippen LogP contribution is 2.31. The second-order valence-corrected chi connectivity index (χ2v) is 4.18. The molecular formula is C11H3BrF5NO. The molecule has 2 aromatic rings. The van der Waals surface area contributed by atoms with Crippen molar-refractivity contribution in [2.24, 2.45) is 0 Å². The molecule has 0 fully saturated rings. The van der Waals surface area contributed by atoms with Crippen molar-refractivity contribution in [3.8, 4) is 11.5 Å². The Morgan fingerprint density at radius 1 is 0.947 bits per heavy atom. The Labute approximate surface area is 112 Å². The van der Waals surface area contributed by atoms with E-state index in [2.05, 4.69) is 25.7 Å². The van der Waals surface area contributed by atoms with Crippen LogP contribution in [0.3, 0.4) is 0 Å². The third-order valence-corrected chi connectivity index (χ3v) is 2.71. The van der Waals surface area contributed by atoms with Crippen molar-refractivity contribution in [3.63, 3.8) is 0 Å². The van der Waals surface area contributed by atoms with Crippen LogP contribution < -0.4 is 4.74 Å². The second-order valence-electron chi connectivity index (χ2n) is 3.33. The minimum atomic E-state index is -1.86. The number of ether oxygens (including phenoxy) is 1. The summed E-state index contributed by atoms with van der Waals surface area (Å²) in [6.45, 7) is 0. The summed E-state index contributed by atoms with van der Waals surface area (Å²) in [5, 5.41) is 0. The predicted molar refractivity (Wildman–Crippen MR) is 58.2 cm³/mol. The lowest BCUT2D eigenvalue weighted by Crippen LogP contribution is -2.03. The lowest BCUT2D eigenvalue weighted by Gasteiger charge is -2.08. The van der Waals surface area contributed by atoms with E-state index in [9.17, 15) is 22.0 Å². The van der Waals surface area contributed by atoms with Gasteiger partial charge in [0.1, 0.15) is 11.6 Å². The topological polar surface area (TPSA) is 22.1 Å². The number of nitrogens with zero attached hydrogens (tertiary/aromatic N) is 1. The third kappa shape index (κ3) is 2.67. The van der Waals surface area contributed by atoms with Gasteiger partial charge in [-0.1, -0.05) is 0 Å². The molecule has 0 radical (unpaired) electrons. The van der Waals surface area contributed by atoms with Crippen LogP contribution in [0.4, 0.5) is 22.0 Å². The number of hydrogen-bond donors (Lipinski definition) is 0. The number of hydrogen-bond acceptors (Lipinski definition) is 2. The van der Waals surface area contributed by atoms with E-state index in [0.717, 1.165) is 12.1 Å². The van der Waals surface area contributed by atoms with Gasteiger partial charge in [0.25, 0.3) is 11.9 Å². The average Bonchev–Trinajstić information content (AvgIpc) is 2.36. The molecule has 0 atom stereocenters. The van der Waals surface area contributed by atoms with Crippen LogP contribution in [-0.2, 0) is 0 Å². The van der Waals surface area contributed by atoms with Crippen LogP contribution in [0, 0.1) is 29.3 Å². The van der Waals surface area contributed by atoms with Crippen molar-refractivity contribution < 1.29 is 26.7 Å². The smallest absolute Gasteiger partial charge is 0.255 e. The Morgan fingerprint density at radius 2 is 1.53 bits per heavy atom. The molecule has 0 aliphatic rings. The third-order valence-electron chi connectivity index (χ3n) is 2.07. The molecule has 0 unspecified atom stereocenters. The van der Waals surface area contributed by atoms with Crippen LogP contribution in [-0.4, -0.2) is 4.98 Å². The van der Waals surface area contributed by atoms with Crippen molar-refractivity contribution in [3.05, 3.63) is 52.0 Å². The molecule has 8 heteroatoms. The molecule has 0 N–H and O–H groups in total. The van der Waals surface area contributed by atoms with E-state index in [0.29, 0.717) is 0 Å². The van der Waals surface area contributed by atoms with E-state index in [4.69, 9.17) is 0 Å². The van der Waals surface area contributed by atoms with E-state index in [1.807, 2.05) is 0 Å². The summed E-state index contributed by atoms with van der Waals surface area (Å²) in [7, 11) is 0. The van der Waals surface area contributed by atoms with Crippen LogP contribution in [0.25, 0.3) is 0 Å². The van der Waals surface area contributed by atoms with Gasteiger partial charge >= 0.3 is 0 Å². The molecule has 0 bridgehead atoms. The molecule has 0 aliphatic heterocycles. The van der Waals surface area contributed by atoms with Gasteiger partial charge in [0.05, 0.1) is 4.47 Å². The first-order valence-corrected chi connectivity index (χ1v) is 5.52.